The molecule has 3 heteroatoms. The maximum Gasteiger partial charge on any atom is 0.0462 e. The van der Waals surface area contributed by atoms with Gasteiger partial charge in [0.15, 0.2) is 0 Å². The zero-order valence-corrected chi connectivity index (χ0v) is 8.66. The molecule has 1 aliphatic rings. The average Bonchev–Trinajstić information content (AvgIpc) is 2.04. The van der Waals surface area contributed by atoms with Crippen molar-refractivity contribution in [1.29, 1.82) is 0 Å². The third kappa shape index (κ3) is 2.92. The highest BCUT2D eigenvalue weighted by Crippen LogP contribution is 2.37. The number of azide groups is 1. The van der Waals surface area contributed by atoms with Crippen molar-refractivity contribution in [2.75, 3.05) is 0 Å². The van der Waals surface area contributed by atoms with E-state index in [0.29, 0.717) is 0 Å². The molecule has 0 aliphatic heterocycles. The Morgan fingerprint density at radius 3 is 3.00 bits per heavy atom. The summed E-state index contributed by atoms with van der Waals surface area (Å²) in [5.41, 5.74) is 8.37. The predicted octanol–water partition coefficient (Wildman–Crippen LogP) is 4.05. The molecule has 2 atom stereocenters. The molecule has 0 aromatic heterocycles. The number of rotatable bonds is 3. The average molecular weight is 181 g/mol. The first-order chi connectivity index (χ1) is 6.20. The Hall–Kier alpha value is -0.690. The lowest BCUT2D eigenvalue weighted by molar-refractivity contribution is 0.231. The summed E-state index contributed by atoms with van der Waals surface area (Å²) in [6, 6.07) is 0. The van der Waals surface area contributed by atoms with Gasteiger partial charge in [-0.25, -0.2) is 0 Å². The van der Waals surface area contributed by atoms with E-state index in [9.17, 15) is 0 Å². The normalized spacial score (nSPS) is 33.8. The van der Waals surface area contributed by atoms with Crippen LogP contribution in [0.5, 0.6) is 0 Å². The van der Waals surface area contributed by atoms with Crippen LogP contribution in [-0.2, 0) is 0 Å². The fraction of sp³-hybridized carbons (Fsp3) is 1.00. The number of nitrogens with zero attached hydrogens (tertiary/aromatic N) is 3. The van der Waals surface area contributed by atoms with Crippen molar-refractivity contribution in [2.45, 2.75) is 57.9 Å². The van der Waals surface area contributed by atoms with E-state index in [0.717, 1.165) is 18.8 Å². The van der Waals surface area contributed by atoms with Gasteiger partial charge in [-0.15, -0.1) is 0 Å². The highest BCUT2D eigenvalue weighted by atomic mass is 15.2. The first kappa shape index (κ1) is 10.4. The largest absolute Gasteiger partial charge is 0.0875 e. The molecule has 0 aromatic carbocycles. The van der Waals surface area contributed by atoms with Gasteiger partial charge in [-0.2, -0.15) is 0 Å². The molecule has 1 aliphatic carbocycles. The van der Waals surface area contributed by atoms with E-state index in [4.69, 9.17) is 5.53 Å². The van der Waals surface area contributed by atoms with Crippen LogP contribution in [0.3, 0.4) is 0 Å². The van der Waals surface area contributed by atoms with E-state index in [-0.39, 0.29) is 5.54 Å². The molecule has 1 fully saturated rings. The van der Waals surface area contributed by atoms with Crippen LogP contribution < -0.4 is 0 Å². The van der Waals surface area contributed by atoms with Crippen LogP contribution >= 0.6 is 0 Å². The second-order valence-electron chi connectivity index (χ2n) is 4.44. The van der Waals surface area contributed by atoms with Crippen LogP contribution in [0.2, 0.25) is 0 Å². The SMILES string of the molecule is CCC[C@@H]1CCC[C@](C)(N=[N+]=[N-])C1. The van der Waals surface area contributed by atoms with Gasteiger partial charge >= 0.3 is 0 Å². The fourth-order valence-corrected chi connectivity index (χ4v) is 2.45. The molecule has 0 N–H and O–H groups in total. The highest BCUT2D eigenvalue weighted by Gasteiger charge is 2.30. The van der Waals surface area contributed by atoms with Crippen LogP contribution in [0.15, 0.2) is 5.11 Å². The van der Waals surface area contributed by atoms with Crippen molar-refractivity contribution in [3.05, 3.63) is 10.4 Å². The van der Waals surface area contributed by atoms with E-state index in [1.807, 2.05) is 0 Å². The third-order valence-electron chi connectivity index (χ3n) is 3.04. The molecule has 0 bridgehead atoms. The Morgan fingerprint density at radius 1 is 1.62 bits per heavy atom. The zero-order valence-electron chi connectivity index (χ0n) is 8.66. The fourth-order valence-electron chi connectivity index (χ4n) is 2.45. The molecular weight excluding hydrogens is 162 g/mol. The lowest BCUT2D eigenvalue weighted by atomic mass is 9.76. The van der Waals surface area contributed by atoms with Crippen molar-refractivity contribution < 1.29 is 0 Å². The van der Waals surface area contributed by atoms with Crippen molar-refractivity contribution in [3.63, 3.8) is 0 Å². The van der Waals surface area contributed by atoms with Crippen LogP contribution in [0.25, 0.3) is 10.4 Å². The lowest BCUT2D eigenvalue weighted by Gasteiger charge is -2.34. The van der Waals surface area contributed by atoms with Crippen molar-refractivity contribution in [1.82, 2.24) is 0 Å². The smallest absolute Gasteiger partial charge is 0.0462 e. The van der Waals surface area contributed by atoms with Crippen molar-refractivity contribution in [2.24, 2.45) is 11.0 Å². The summed E-state index contributed by atoms with van der Waals surface area (Å²) in [6.07, 6.45) is 7.24. The second kappa shape index (κ2) is 4.52. The molecule has 13 heavy (non-hydrogen) atoms. The van der Waals surface area contributed by atoms with Crippen molar-refractivity contribution in [3.8, 4) is 0 Å². The van der Waals surface area contributed by atoms with Gasteiger partial charge in [-0.05, 0) is 24.3 Å². The molecule has 0 unspecified atom stereocenters. The minimum Gasteiger partial charge on any atom is -0.0875 e. The molecule has 0 saturated heterocycles. The minimum atomic E-state index is -0.0904. The molecule has 0 spiro atoms. The van der Waals surface area contributed by atoms with E-state index in [1.165, 1.54) is 25.7 Å². The first-order valence-corrected chi connectivity index (χ1v) is 5.26. The summed E-state index contributed by atoms with van der Waals surface area (Å²) in [7, 11) is 0. The van der Waals surface area contributed by atoms with Crippen LogP contribution in [-0.4, -0.2) is 5.54 Å². The highest BCUT2D eigenvalue weighted by molar-refractivity contribution is 4.89. The second-order valence-corrected chi connectivity index (χ2v) is 4.44. The van der Waals surface area contributed by atoms with Gasteiger partial charge in [0.05, 0.1) is 0 Å². The maximum atomic E-state index is 8.46. The third-order valence-corrected chi connectivity index (χ3v) is 3.04. The van der Waals surface area contributed by atoms with Gasteiger partial charge < -0.3 is 0 Å². The van der Waals surface area contributed by atoms with Gasteiger partial charge in [0.2, 0.25) is 0 Å². The monoisotopic (exact) mass is 181 g/mol. The lowest BCUT2D eigenvalue weighted by Crippen LogP contribution is -2.29. The standard InChI is InChI=1S/C10H19N3/c1-3-5-9-6-4-7-10(2,8-9)12-13-11/h9H,3-8H2,1-2H3/t9-,10+/m1/s1. The molecule has 1 saturated carbocycles. The van der Waals surface area contributed by atoms with E-state index < -0.39 is 0 Å². The Morgan fingerprint density at radius 2 is 2.38 bits per heavy atom. The first-order valence-electron chi connectivity index (χ1n) is 5.26. The summed E-state index contributed by atoms with van der Waals surface area (Å²) in [5.74, 6) is 0.786. The number of hydrogen-bond acceptors (Lipinski definition) is 1. The van der Waals surface area contributed by atoms with Crippen LogP contribution in [0.1, 0.15) is 52.4 Å². The summed E-state index contributed by atoms with van der Waals surface area (Å²) in [6.45, 7) is 4.31. The van der Waals surface area contributed by atoms with E-state index in [1.54, 1.807) is 0 Å². The van der Waals surface area contributed by atoms with Crippen LogP contribution in [0, 0.1) is 5.92 Å². The van der Waals surface area contributed by atoms with Gasteiger partial charge in [-0.1, -0.05) is 44.6 Å². The molecule has 1 rings (SSSR count). The molecule has 0 aromatic rings. The molecule has 0 amide bonds. The summed E-state index contributed by atoms with van der Waals surface area (Å²) in [4.78, 5) is 2.95. The Kier molecular flexibility index (Phi) is 3.61. The van der Waals surface area contributed by atoms with E-state index >= 15 is 0 Å². The molecule has 74 valence electrons. The molecule has 0 heterocycles. The Bertz CT molecular complexity index is 206. The summed E-state index contributed by atoms with van der Waals surface area (Å²) in [5, 5.41) is 3.93. The predicted molar refractivity (Wildman–Crippen MR) is 54.4 cm³/mol. The topological polar surface area (TPSA) is 48.8 Å². The van der Waals surface area contributed by atoms with Gasteiger partial charge in [0.25, 0.3) is 0 Å². The van der Waals surface area contributed by atoms with Gasteiger partial charge in [-0.3, -0.25) is 0 Å². The molecule has 0 radical (unpaired) electrons. The zero-order chi connectivity index (χ0) is 9.73. The summed E-state index contributed by atoms with van der Waals surface area (Å²) >= 11 is 0. The Balaban J connectivity index is 2.54. The molecular formula is C10H19N3. The van der Waals surface area contributed by atoms with Crippen LogP contribution in [0.4, 0.5) is 0 Å². The van der Waals surface area contributed by atoms with E-state index in [2.05, 4.69) is 23.9 Å². The number of hydrogen-bond donors (Lipinski definition) is 0. The Labute approximate surface area is 80.2 Å². The van der Waals surface area contributed by atoms with Gasteiger partial charge in [0.1, 0.15) is 0 Å². The minimum absolute atomic E-state index is 0.0904. The quantitative estimate of drug-likeness (QED) is 0.358. The van der Waals surface area contributed by atoms with Gasteiger partial charge in [0, 0.05) is 10.5 Å². The summed E-state index contributed by atoms with van der Waals surface area (Å²) < 4.78 is 0. The molecule has 3 nitrogen and oxygen atoms in total. The maximum absolute atomic E-state index is 8.46. The van der Waals surface area contributed by atoms with Crippen molar-refractivity contribution >= 4 is 0 Å².